The summed E-state index contributed by atoms with van der Waals surface area (Å²) >= 11 is 0. The quantitative estimate of drug-likeness (QED) is 0.664. The van der Waals surface area contributed by atoms with Crippen molar-refractivity contribution in [3.63, 3.8) is 0 Å². The molecule has 1 saturated carbocycles. The minimum Gasteiger partial charge on any atom is -0.492 e. The summed E-state index contributed by atoms with van der Waals surface area (Å²) in [6.07, 6.45) is 3.45. The molecule has 1 aliphatic rings. The minimum atomic E-state index is -0.825. The Labute approximate surface area is 167 Å². The van der Waals surface area contributed by atoms with Gasteiger partial charge in [-0.2, -0.15) is 0 Å². The molecule has 0 saturated heterocycles. The number of methoxy groups -OCH3 is 1. The number of anilines is 1. The van der Waals surface area contributed by atoms with Crippen LogP contribution in [0.1, 0.15) is 63.7 Å². The Morgan fingerprint density at radius 1 is 1.32 bits per heavy atom. The van der Waals surface area contributed by atoms with E-state index in [1.165, 1.54) is 0 Å². The number of ether oxygens (including phenoxy) is 3. The van der Waals surface area contributed by atoms with E-state index in [4.69, 9.17) is 14.2 Å². The van der Waals surface area contributed by atoms with Crippen molar-refractivity contribution >= 4 is 17.6 Å². The predicted molar refractivity (Wildman–Crippen MR) is 109 cm³/mol. The van der Waals surface area contributed by atoms with Crippen LogP contribution in [0.3, 0.4) is 0 Å². The first-order valence-electron chi connectivity index (χ1n) is 10.1. The van der Waals surface area contributed by atoms with E-state index in [2.05, 4.69) is 12.2 Å². The molecule has 1 aliphatic carbocycles. The summed E-state index contributed by atoms with van der Waals surface area (Å²) < 4.78 is 16.6. The SMILES string of the molecule is CCOC(=O)c1cc(NC(=O)[C@]2(OC)CCC[C@@H](C)C2)ccc1OCC(C)C. The first-order valence-corrected chi connectivity index (χ1v) is 10.1. The molecule has 6 nitrogen and oxygen atoms in total. The highest BCUT2D eigenvalue weighted by molar-refractivity contribution is 5.99. The van der Waals surface area contributed by atoms with Gasteiger partial charge in [0.25, 0.3) is 5.91 Å². The lowest BCUT2D eigenvalue weighted by molar-refractivity contribution is -0.143. The highest BCUT2D eigenvalue weighted by atomic mass is 16.5. The van der Waals surface area contributed by atoms with Gasteiger partial charge in [-0.15, -0.1) is 0 Å². The first-order chi connectivity index (χ1) is 13.3. The Hall–Kier alpha value is -2.08. The largest absolute Gasteiger partial charge is 0.492 e. The molecule has 0 aliphatic heterocycles. The van der Waals surface area contributed by atoms with Gasteiger partial charge >= 0.3 is 5.97 Å². The highest BCUT2D eigenvalue weighted by Gasteiger charge is 2.42. The zero-order valence-corrected chi connectivity index (χ0v) is 17.7. The third kappa shape index (κ3) is 5.47. The standard InChI is InChI=1S/C22H33NO5/c1-6-27-20(24)18-12-17(9-10-19(18)28-14-15(2)3)23-21(25)22(26-5)11-7-8-16(4)13-22/h9-10,12,15-16H,6-8,11,13-14H2,1-5H3,(H,23,25)/t16-,22+/m1/s1. The Balaban J connectivity index is 2.23. The number of carbonyl (C=O) groups excluding carboxylic acids is 2. The monoisotopic (exact) mass is 391 g/mol. The smallest absolute Gasteiger partial charge is 0.341 e. The molecule has 1 fully saturated rings. The van der Waals surface area contributed by atoms with Crippen molar-refractivity contribution in [2.45, 2.75) is 59.0 Å². The third-order valence-corrected chi connectivity index (χ3v) is 5.07. The number of esters is 1. The fraction of sp³-hybridized carbons (Fsp3) is 0.636. The van der Waals surface area contributed by atoms with Crippen LogP contribution in [0, 0.1) is 11.8 Å². The maximum Gasteiger partial charge on any atom is 0.341 e. The molecule has 0 spiro atoms. The van der Waals surface area contributed by atoms with E-state index >= 15 is 0 Å². The molecule has 6 heteroatoms. The van der Waals surface area contributed by atoms with Gasteiger partial charge in [0.1, 0.15) is 16.9 Å². The van der Waals surface area contributed by atoms with Crippen molar-refractivity contribution in [2.75, 3.05) is 25.6 Å². The van der Waals surface area contributed by atoms with Crippen molar-refractivity contribution < 1.29 is 23.8 Å². The lowest BCUT2D eigenvalue weighted by atomic mass is 9.78. The molecular formula is C22H33NO5. The second kappa shape index (κ2) is 9.92. The van der Waals surface area contributed by atoms with Gasteiger partial charge in [-0.25, -0.2) is 4.79 Å². The Kier molecular flexibility index (Phi) is 7.87. The zero-order valence-electron chi connectivity index (χ0n) is 17.7. The number of benzene rings is 1. The van der Waals surface area contributed by atoms with E-state index in [9.17, 15) is 9.59 Å². The van der Waals surface area contributed by atoms with Gasteiger partial charge < -0.3 is 19.5 Å². The van der Waals surface area contributed by atoms with E-state index in [1.54, 1.807) is 32.2 Å². The third-order valence-electron chi connectivity index (χ3n) is 5.07. The number of hydrogen-bond acceptors (Lipinski definition) is 5. The van der Waals surface area contributed by atoms with Gasteiger partial charge in [-0.1, -0.05) is 27.2 Å². The first kappa shape index (κ1) is 22.2. The molecule has 28 heavy (non-hydrogen) atoms. The van der Waals surface area contributed by atoms with E-state index in [0.29, 0.717) is 48.3 Å². The average molecular weight is 392 g/mol. The van der Waals surface area contributed by atoms with Gasteiger partial charge in [0.2, 0.25) is 0 Å². The molecule has 1 aromatic carbocycles. The van der Waals surface area contributed by atoms with Crippen LogP contribution in [0.15, 0.2) is 18.2 Å². The van der Waals surface area contributed by atoms with Gasteiger partial charge in [0.05, 0.1) is 13.2 Å². The summed E-state index contributed by atoms with van der Waals surface area (Å²) in [5.41, 5.74) is 0.0116. The molecule has 0 unspecified atom stereocenters. The van der Waals surface area contributed by atoms with Gasteiger partial charge in [-0.3, -0.25) is 4.79 Å². The van der Waals surface area contributed by atoms with E-state index in [1.807, 2.05) is 13.8 Å². The molecule has 1 N–H and O–H groups in total. The predicted octanol–water partition coefficient (Wildman–Crippen LogP) is 4.43. The molecular weight excluding hydrogens is 358 g/mol. The normalized spacial score (nSPS) is 22.0. The van der Waals surface area contributed by atoms with Crippen molar-refractivity contribution in [2.24, 2.45) is 11.8 Å². The summed E-state index contributed by atoms with van der Waals surface area (Å²) in [5.74, 6) is 0.570. The van der Waals surface area contributed by atoms with E-state index < -0.39 is 11.6 Å². The fourth-order valence-electron chi connectivity index (χ4n) is 3.59. The van der Waals surface area contributed by atoms with Crippen molar-refractivity contribution in [3.8, 4) is 5.75 Å². The van der Waals surface area contributed by atoms with Crippen molar-refractivity contribution in [3.05, 3.63) is 23.8 Å². The lowest BCUT2D eigenvalue weighted by Gasteiger charge is -2.37. The van der Waals surface area contributed by atoms with Gasteiger partial charge in [0.15, 0.2) is 0 Å². The molecule has 0 radical (unpaired) electrons. The number of rotatable bonds is 8. The number of nitrogens with one attached hydrogen (secondary N) is 1. The van der Waals surface area contributed by atoms with Crippen LogP contribution in [0.5, 0.6) is 5.75 Å². The second-order valence-electron chi connectivity index (χ2n) is 7.99. The van der Waals surface area contributed by atoms with Crippen LogP contribution in [0.25, 0.3) is 0 Å². The van der Waals surface area contributed by atoms with Crippen LogP contribution in [0.2, 0.25) is 0 Å². The molecule has 0 aromatic heterocycles. The number of amides is 1. The molecule has 2 atom stereocenters. The summed E-state index contributed by atoms with van der Waals surface area (Å²) in [5, 5.41) is 2.93. The molecule has 156 valence electrons. The van der Waals surface area contributed by atoms with E-state index in [-0.39, 0.29) is 12.5 Å². The maximum absolute atomic E-state index is 13.0. The second-order valence-corrected chi connectivity index (χ2v) is 7.99. The average Bonchev–Trinajstić information content (AvgIpc) is 2.66. The topological polar surface area (TPSA) is 73.9 Å². The summed E-state index contributed by atoms with van der Waals surface area (Å²) in [7, 11) is 1.59. The Morgan fingerprint density at radius 2 is 2.07 bits per heavy atom. The van der Waals surface area contributed by atoms with Crippen molar-refractivity contribution in [1.82, 2.24) is 0 Å². The van der Waals surface area contributed by atoms with Crippen molar-refractivity contribution in [1.29, 1.82) is 0 Å². The molecule has 1 amide bonds. The zero-order chi connectivity index (χ0) is 20.7. The summed E-state index contributed by atoms with van der Waals surface area (Å²) in [6.45, 7) is 8.72. The molecule has 0 heterocycles. The number of carbonyl (C=O) groups is 2. The summed E-state index contributed by atoms with van der Waals surface area (Å²) in [4.78, 5) is 25.4. The van der Waals surface area contributed by atoms with Crippen LogP contribution < -0.4 is 10.1 Å². The Bertz CT molecular complexity index is 688. The maximum atomic E-state index is 13.0. The minimum absolute atomic E-state index is 0.174. The fourth-order valence-corrected chi connectivity index (χ4v) is 3.59. The van der Waals surface area contributed by atoms with E-state index in [0.717, 1.165) is 12.8 Å². The summed E-state index contributed by atoms with van der Waals surface area (Å²) in [6, 6.07) is 5.06. The molecule has 2 rings (SSSR count). The van der Waals surface area contributed by atoms with Crippen LogP contribution in [0.4, 0.5) is 5.69 Å². The Morgan fingerprint density at radius 3 is 2.68 bits per heavy atom. The molecule has 1 aromatic rings. The van der Waals surface area contributed by atoms with Gasteiger partial charge in [-0.05, 0) is 56.2 Å². The highest BCUT2D eigenvalue weighted by Crippen LogP contribution is 2.36. The van der Waals surface area contributed by atoms with Crippen LogP contribution >= 0.6 is 0 Å². The lowest BCUT2D eigenvalue weighted by Crippen LogP contribution is -2.47. The number of hydrogen-bond donors (Lipinski definition) is 1. The molecule has 0 bridgehead atoms. The van der Waals surface area contributed by atoms with Crippen LogP contribution in [-0.4, -0.2) is 37.8 Å². The van der Waals surface area contributed by atoms with Crippen LogP contribution in [-0.2, 0) is 14.3 Å². The van der Waals surface area contributed by atoms with Gasteiger partial charge in [0, 0.05) is 12.8 Å².